The van der Waals surface area contributed by atoms with Gasteiger partial charge in [-0.3, -0.25) is 4.68 Å². The first-order valence-corrected chi connectivity index (χ1v) is 4.64. The van der Waals surface area contributed by atoms with Gasteiger partial charge in [-0.25, -0.2) is 4.79 Å². The van der Waals surface area contributed by atoms with Crippen molar-refractivity contribution in [2.75, 3.05) is 6.61 Å². The maximum Gasteiger partial charge on any atom is 0.407 e. The van der Waals surface area contributed by atoms with Gasteiger partial charge in [0.2, 0.25) is 0 Å². The van der Waals surface area contributed by atoms with E-state index in [1.54, 1.807) is 6.20 Å². The van der Waals surface area contributed by atoms with Crippen molar-refractivity contribution in [1.82, 2.24) is 15.1 Å². The van der Waals surface area contributed by atoms with Crippen molar-refractivity contribution in [2.45, 2.75) is 25.9 Å². The monoisotopic (exact) mass is 195 g/mol. The zero-order valence-electron chi connectivity index (χ0n) is 8.23. The van der Waals surface area contributed by atoms with Gasteiger partial charge in [-0.05, 0) is 13.8 Å². The molecule has 76 valence electrons. The molecule has 0 saturated carbocycles. The van der Waals surface area contributed by atoms with E-state index in [9.17, 15) is 4.79 Å². The topological polar surface area (TPSA) is 56.1 Å². The lowest BCUT2D eigenvalue weighted by molar-refractivity contribution is 0.177. The van der Waals surface area contributed by atoms with Crippen molar-refractivity contribution in [3.05, 3.63) is 18.0 Å². The fraction of sp³-hybridized carbons (Fsp3) is 0.556. The number of ether oxygens (including phenoxy) is 1. The Balaban J connectivity index is 2.13. The molecule has 1 saturated heterocycles. The highest BCUT2D eigenvalue weighted by Gasteiger charge is 2.24. The predicted octanol–water partition coefficient (Wildman–Crippen LogP) is 1.24. The van der Waals surface area contributed by atoms with Crippen LogP contribution < -0.4 is 5.32 Å². The van der Waals surface area contributed by atoms with Gasteiger partial charge in [-0.2, -0.15) is 5.10 Å². The summed E-state index contributed by atoms with van der Waals surface area (Å²) < 4.78 is 6.66. The Morgan fingerprint density at radius 1 is 1.71 bits per heavy atom. The molecule has 1 atom stereocenters. The summed E-state index contributed by atoms with van der Waals surface area (Å²) in [5.41, 5.74) is 0.990. The number of cyclic esters (lactones) is 1. The second-order valence-corrected chi connectivity index (χ2v) is 3.64. The van der Waals surface area contributed by atoms with Crippen molar-refractivity contribution in [1.29, 1.82) is 0 Å². The molecule has 0 aliphatic carbocycles. The van der Waals surface area contributed by atoms with Crippen LogP contribution in [0.4, 0.5) is 4.79 Å². The molecule has 0 bridgehead atoms. The molecule has 1 aromatic heterocycles. The van der Waals surface area contributed by atoms with E-state index in [4.69, 9.17) is 4.74 Å². The molecule has 0 radical (unpaired) electrons. The van der Waals surface area contributed by atoms with Crippen LogP contribution in [-0.2, 0) is 4.74 Å². The highest BCUT2D eigenvalue weighted by atomic mass is 16.6. The second-order valence-electron chi connectivity index (χ2n) is 3.64. The minimum atomic E-state index is -0.354. The van der Waals surface area contributed by atoms with Gasteiger partial charge in [-0.1, -0.05) is 0 Å². The maximum absolute atomic E-state index is 10.8. The van der Waals surface area contributed by atoms with Gasteiger partial charge < -0.3 is 10.1 Å². The molecule has 0 spiro atoms. The summed E-state index contributed by atoms with van der Waals surface area (Å²) in [6.07, 6.45) is 3.34. The molecule has 1 aliphatic rings. The molecule has 2 heterocycles. The number of hydrogen-bond donors (Lipinski definition) is 1. The average Bonchev–Trinajstić information content (AvgIpc) is 2.70. The van der Waals surface area contributed by atoms with Crippen molar-refractivity contribution in [3.63, 3.8) is 0 Å². The van der Waals surface area contributed by atoms with Gasteiger partial charge in [0.25, 0.3) is 0 Å². The lowest BCUT2D eigenvalue weighted by atomic mass is 10.2. The summed E-state index contributed by atoms with van der Waals surface area (Å²) in [4.78, 5) is 10.8. The van der Waals surface area contributed by atoms with Crippen LogP contribution in [0.1, 0.15) is 31.5 Å². The minimum Gasteiger partial charge on any atom is -0.447 e. The lowest BCUT2D eigenvalue weighted by Gasteiger charge is -2.04. The van der Waals surface area contributed by atoms with Crippen LogP contribution >= 0.6 is 0 Å². The first-order valence-electron chi connectivity index (χ1n) is 4.64. The first kappa shape index (κ1) is 9.05. The third-order valence-electron chi connectivity index (χ3n) is 2.23. The van der Waals surface area contributed by atoms with E-state index in [1.807, 2.05) is 10.9 Å². The Hall–Kier alpha value is -1.52. The third-order valence-corrected chi connectivity index (χ3v) is 2.23. The zero-order valence-corrected chi connectivity index (χ0v) is 8.23. The number of amides is 1. The number of nitrogens with one attached hydrogen (secondary N) is 1. The molecule has 1 aliphatic heterocycles. The van der Waals surface area contributed by atoms with Crippen molar-refractivity contribution in [3.8, 4) is 0 Å². The van der Waals surface area contributed by atoms with Gasteiger partial charge in [0.05, 0.1) is 12.2 Å². The fourth-order valence-corrected chi connectivity index (χ4v) is 1.38. The number of nitrogens with zero attached hydrogens (tertiary/aromatic N) is 2. The van der Waals surface area contributed by atoms with E-state index >= 15 is 0 Å². The van der Waals surface area contributed by atoms with E-state index in [0.717, 1.165) is 5.56 Å². The van der Waals surface area contributed by atoms with E-state index in [-0.39, 0.29) is 12.1 Å². The van der Waals surface area contributed by atoms with Gasteiger partial charge in [0.1, 0.15) is 6.61 Å². The molecule has 1 N–H and O–H groups in total. The van der Waals surface area contributed by atoms with Crippen LogP contribution in [0.5, 0.6) is 0 Å². The highest BCUT2D eigenvalue weighted by molar-refractivity contribution is 5.69. The summed E-state index contributed by atoms with van der Waals surface area (Å²) in [6, 6.07) is 0.289. The van der Waals surface area contributed by atoms with Gasteiger partial charge in [-0.15, -0.1) is 0 Å². The summed E-state index contributed by atoms with van der Waals surface area (Å²) in [6.45, 7) is 4.50. The summed E-state index contributed by atoms with van der Waals surface area (Å²) in [5.74, 6) is 0. The summed E-state index contributed by atoms with van der Waals surface area (Å²) in [5, 5.41) is 6.90. The van der Waals surface area contributed by atoms with Crippen LogP contribution in [0.3, 0.4) is 0 Å². The van der Waals surface area contributed by atoms with Gasteiger partial charge in [0, 0.05) is 17.8 Å². The van der Waals surface area contributed by atoms with Crippen LogP contribution in [-0.4, -0.2) is 22.5 Å². The van der Waals surface area contributed by atoms with E-state index < -0.39 is 0 Å². The Kier molecular flexibility index (Phi) is 2.15. The number of carbonyl (C=O) groups is 1. The second kappa shape index (κ2) is 3.32. The average molecular weight is 195 g/mol. The van der Waals surface area contributed by atoms with E-state index in [2.05, 4.69) is 24.3 Å². The molecule has 1 aromatic rings. The number of carbonyl (C=O) groups excluding carboxylic acids is 1. The summed E-state index contributed by atoms with van der Waals surface area (Å²) >= 11 is 0. The molecule has 5 heteroatoms. The smallest absolute Gasteiger partial charge is 0.407 e. The van der Waals surface area contributed by atoms with Crippen LogP contribution in [0.2, 0.25) is 0 Å². The number of rotatable bonds is 2. The molecule has 2 rings (SSSR count). The van der Waals surface area contributed by atoms with Crippen molar-refractivity contribution >= 4 is 6.09 Å². The normalized spacial score (nSPS) is 21.1. The first-order chi connectivity index (χ1) is 6.66. The molecule has 0 aromatic carbocycles. The Labute approximate surface area is 82.0 Å². The highest BCUT2D eigenvalue weighted by Crippen LogP contribution is 2.18. The van der Waals surface area contributed by atoms with Crippen LogP contribution in [0, 0.1) is 0 Å². The van der Waals surface area contributed by atoms with Gasteiger partial charge in [0.15, 0.2) is 0 Å². The largest absolute Gasteiger partial charge is 0.447 e. The van der Waals surface area contributed by atoms with Crippen LogP contribution in [0.15, 0.2) is 12.4 Å². The van der Waals surface area contributed by atoms with E-state index in [1.165, 1.54) is 0 Å². The summed E-state index contributed by atoms with van der Waals surface area (Å²) in [7, 11) is 0. The lowest BCUT2D eigenvalue weighted by Crippen LogP contribution is -2.17. The maximum atomic E-state index is 10.8. The molecule has 1 fully saturated rings. The zero-order chi connectivity index (χ0) is 10.1. The Morgan fingerprint density at radius 3 is 3.00 bits per heavy atom. The van der Waals surface area contributed by atoms with Crippen molar-refractivity contribution < 1.29 is 9.53 Å². The number of alkyl carbamates (subject to hydrolysis) is 1. The number of aromatic nitrogens is 2. The van der Waals surface area contributed by atoms with Gasteiger partial charge >= 0.3 is 6.09 Å². The SMILES string of the molecule is CC(C)n1cc(C2COC(=O)N2)cn1. The third kappa shape index (κ3) is 1.57. The molecular weight excluding hydrogens is 182 g/mol. The molecular formula is C9H13N3O2. The molecule has 5 nitrogen and oxygen atoms in total. The molecule has 14 heavy (non-hydrogen) atoms. The molecule has 1 unspecified atom stereocenters. The fourth-order valence-electron chi connectivity index (χ4n) is 1.38. The van der Waals surface area contributed by atoms with E-state index in [0.29, 0.717) is 12.6 Å². The Bertz CT molecular complexity index is 346. The number of hydrogen-bond acceptors (Lipinski definition) is 3. The molecule has 1 amide bonds. The van der Waals surface area contributed by atoms with Crippen molar-refractivity contribution in [2.24, 2.45) is 0 Å². The predicted molar refractivity (Wildman–Crippen MR) is 49.8 cm³/mol. The Morgan fingerprint density at radius 2 is 2.50 bits per heavy atom. The standard InChI is InChI=1S/C9H13N3O2/c1-6(2)12-4-7(3-10-12)8-5-14-9(13)11-8/h3-4,6,8H,5H2,1-2H3,(H,11,13). The quantitative estimate of drug-likeness (QED) is 0.772. The van der Waals surface area contributed by atoms with Crippen LogP contribution in [0.25, 0.3) is 0 Å². The minimum absolute atomic E-state index is 0.0463.